The molecule has 140 valence electrons. The highest BCUT2D eigenvalue weighted by Gasteiger charge is 2.34. The summed E-state index contributed by atoms with van der Waals surface area (Å²) in [7, 11) is 0. The molecule has 0 unspecified atom stereocenters. The van der Waals surface area contributed by atoms with Crippen molar-refractivity contribution < 1.29 is 0 Å². The quantitative estimate of drug-likeness (QED) is 0.420. The van der Waals surface area contributed by atoms with Gasteiger partial charge in [0.05, 0.1) is 0 Å². The van der Waals surface area contributed by atoms with Crippen LogP contribution >= 0.6 is 0 Å². The van der Waals surface area contributed by atoms with Gasteiger partial charge in [0.15, 0.2) is 0 Å². The van der Waals surface area contributed by atoms with E-state index in [4.69, 9.17) is 11.5 Å². The largest absolute Gasteiger partial charge is 0.399 e. The molecule has 0 fully saturated rings. The minimum atomic E-state index is -0.279. The Hall–Kier alpha value is -3.00. The standard InChI is InChI=1S/C25H30N2/c1-5-9-21-22(10-6-2)24(27)16-15-23(21)25(17-7-3,18-8-4)19-11-13-20(26)14-12-19/h5-8,11-16H,1-4,9-10,17-18,26-27H2. The van der Waals surface area contributed by atoms with E-state index in [9.17, 15) is 0 Å². The molecule has 4 N–H and O–H groups in total. The van der Waals surface area contributed by atoms with Crippen molar-refractivity contribution in [2.24, 2.45) is 0 Å². The van der Waals surface area contributed by atoms with Crippen molar-refractivity contribution >= 4 is 11.4 Å². The van der Waals surface area contributed by atoms with Crippen LogP contribution in [0.1, 0.15) is 35.1 Å². The lowest BCUT2D eigenvalue weighted by molar-refractivity contribution is 0.524. The first-order valence-electron chi connectivity index (χ1n) is 9.24. The molecule has 2 heteroatoms. The maximum absolute atomic E-state index is 6.32. The molecule has 0 aliphatic heterocycles. The summed E-state index contributed by atoms with van der Waals surface area (Å²) in [6.45, 7) is 15.9. The summed E-state index contributed by atoms with van der Waals surface area (Å²) in [4.78, 5) is 0. The molecule has 0 aromatic heterocycles. The first kappa shape index (κ1) is 20.3. The minimum absolute atomic E-state index is 0.279. The average Bonchev–Trinajstić information content (AvgIpc) is 2.65. The van der Waals surface area contributed by atoms with Gasteiger partial charge in [0.2, 0.25) is 0 Å². The van der Waals surface area contributed by atoms with Gasteiger partial charge in [0, 0.05) is 16.8 Å². The van der Waals surface area contributed by atoms with Crippen molar-refractivity contribution in [3.8, 4) is 0 Å². The summed E-state index contributed by atoms with van der Waals surface area (Å²) < 4.78 is 0. The summed E-state index contributed by atoms with van der Waals surface area (Å²) >= 11 is 0. The van der Waals surface area contributed by atoms with Crippen LogP contribution in [0.25, 0.3) is 0 Å². The van der Waals surface area contributed by atoms with Crippen LogP contribution in [-0.4, -0.2) is 0 Å². The first-order chi connectivity index (χ1) is 13.0. The summed E-state index contributed by atoms with van der Waals surface area (Å²) in [6, 6.07) is 12.2. The van der Waals surface area contributed by atoms with Crippen LogP contribution in [0.4, 0.5) is 11.4 Å². The highest BCUT2D eigenvalue weighted by atomic mass is 14.6. The Morgan fingerprint density at radius 1 is 0.704 bits per heavy atom. The second-order valence-corrected chi connectivity index (χ2v) is 6.83. The molecule has 0 spiro atoms. The van der Waals surface area contributed by atoms with E-state index in [0.717, 1.165) is 42.6 Å². The fourth-order valence-corrected chi connectivity index (χ4v) is 3.91. The molecule has 2 aromatic rings. The van der Waals surface area contributed by atoms with Crippen LogP contribution < -0.4 is 11.5 Å². The van der Waals surface area contributed by atoms with Gasteiger partial charge in [-0.1, -0.05) is 42.5 Å². The SMILES string of the molecule is C=CCc1c(N)ccc(C(CC=C)(CC=C)c2ccc(N)cc2)c1CC=C. The molecule has 0 heterocycles. The minimum Gasteiger partial charge on any atom is -0.399 e. The molecular weight excluding hydrogens is 328 g/mol. The summed E-state index contributed by atoms with van der Waals surface area (Å²) in [5.74, 6) is 0. The van der Waals surface area contributed by atoms with E-state index in [2.05, 4.69) is 44.5 Å². The van der Waals surface area contributed by atoms with E-state index < -0.39 is 0 Å². The Morgan fingerprint density at radius 2 is 1.26 bits per heavy atom. The van der Waals surface area contributed by atoms with Gasteiger partial charge in [0.1, 0.15) is 0 Å². The number of hydrogen-bond acceptors (Lipinski definition) is 2. The van der Waals surface area contributed by atoms with Crippen molar-refractivity contribution in [3.63, 3.8) is 0 Å². The zero-order valence-electron chi connectivity index (χ0n) is 16.1. The lowest BCUT2D eigenvalue weighted by Crippen LogP contribution is -2.29. The number of nitrogens with two attached hydrogens (primary N) is 2. The second-order valence-electron chi connectivity index (χ2n) is 6.83. The molecule has 0 aliphatic carbocycles. The molecule has 0 bridgehead atoms. The number of allylic oxidation sites excluding steroid dienone is 4. The third-order valence-corrected chi connectivity index (χ3v) is 5.13. The lowest BCUT2D eigenvalue weighted by atomic mass is 9.67. The predicted octanol–water partition coefficient (Wildman–Crippen LogP) is 5.75. The van der Waals surface area contributed by atoms with Gasteiger partial charge < -0.3 is 11.5 Å². The Kier molecular flexibility index (Phi) is 6.84. The summed E-state index contributed by atoms with van der Waals surface area (Å²) in [5.41, 5.74) is 18.3. The molecule has 2 aromatic carbocycles. The van der Waals surface area contributed by atoms with E-state index in [-0.39, 0.29) is 5.41 Å². The number of anilines is 2. The molecule has 2 nitrogen and oxygen atoms in total. The average molecular weight is 359 g/mol. The van der Waals surface area contributed by atoms with E-state index in [1.54, 1.807) is 0 Å². The maximum atomic E-state index is 6.32. The predicted molar refractivity (Wildman–Crippen MR) is 120 cm³/mol. The van der Waals surface area contributed by atoms with Gasteiger partial charge in [-0.15, -0.1) is 26.3 Å². The Labute approximate surface area is 163 Å². The van der Waals surface area contributed by atoms with Crippen LogP contribution in [0.15, 0.2) is 87.0 Å². The van der Waals surface area contributed by atoms with E-state index in [1.165, 1.54) is 16.7 Å². The lowest BCUT2D eigenvalue weighted by Gasteiger charge is -2.36. The second kappa shape index (κ2) is 9.09. The molecule has 27 heavy (non-hydrogen) atoms. The van der Waals surface area contributed by atoms with Crippen molar-refractivity contribution in [2.45, 2.75) is 31.1 Å². The maximum Gasteiger partial charge on any atom is 0.0352 e. The van der Waals surface area contributed by atoms with Crippen molar-refractivity contribution in [2.75, 3.05) is 11.5 Å². The summed E-state index contributed by atoms with van der Waals surface area (Å²) in [5, 5.41) is 0. The van der Waals surface area contributed by atoms with Gasteiger partial charge in [-0.05, 0) is 66.1 Å². The van der Waals surface area contributed by atoms with Gasteiger partial charge in [-0.25, -0.2) is 0 Å². The van der Waals surface area contributed by atoms with Crippen LogP contribution in [0.2, 0.25) is 0 Å². The first-order valence-corrected chi connectivity index (χ1v) is 9.24. The molecule has 0 atom stereocenters. The fourth-order valence-electron chi connectivity index (χ4n) is 3.91. The fraction of sp³-hybridized carbons (Fsp3) is 0.200. The van der Waals surface area contributed by atoms with Crippen LogP contribution in [-0.2, 0) is 18.3 Å². The van der Waals surface area contributed by atoms with Gasteiger partial charge in [-0.2, -0.15) is 0 Å². The van der Waals surface area contributed by atoms with E-state index in [1.807, 2.05) is 42.5 Å². The highest BCUT2D eigenvalue weighted by Crippen LogP contribution is 2.43. The molecule has 0 saturated heterocycles. The third kappa shape index (κ3) is 4.06. The van der Waals surface area contributed by atoms with Crippen molar-refractivity contribution in [1.29, 1.82) is 0 Å². The topological polar surface area (TPSA) is 52.0 Å². The van der Waals surface area contributed by atoms with Gasteiger partial charge in [-0.3, -0.25) is 0 Å². The normalized spacial score (nSPS) is 11.0. The zero-order chi connectivity index (χ0) is 19.9. The molecule has 0 saturated carbocycles. The number of benzene rings is 2. The van der Waals surface area contributed by atoms with Gasteiger partial charge in [0.25, 0.3) is 0 Å². The molecule has 2 rings (SSSR count). The zero-order valence-corrected chi connectivity index (χ0v) is 16.1. The van der Waals surface area contributed by atoms with Gasteiger partial charge >= 0.3 is 0 Å². The Bertz CT molecular complexity index is 818. The molecule has 0 amide bonds. The Balaban J connectivity index is 2.86. The summed E-state index contributed by atoms with van der Waals surface area (Å²) in [6.07, 6.45) is 10.8. The van der Waals surface area contributed by atoms with Crippen molar-refractivity contribution in [3.05, 3.63) is 109 Å². The third-order valence-electron chi connectivity index (χ3n) is 5.13. The van der Waals surface area contributed by atoms with Crippen molar-refractivity contribution in [1.82, 2.24) is 0 Å². The van der Waals surface area contributed by atoms with Crippen LogP contribution in [0.5, 0.6) is 0 Å². The van der Waals surface area contributed by atoms with Crippen LogP contribution in [0.3, 0.4) is 0 Å². The Morgan fingerprint density at radius 3 is 1.78 bits per heavy atom. The monoisotopic (exact) mass is 358 g/mol. The number of nitrogen functional groups attached to an aromatic ring is 2. The number of rotatable bonds is 10. The smallest absolute Gasteiger partial charge is 0.0352 e. The number of hydrogen-bond donors (Lipinski definition) is 2. The molecule has 0 radical (unpaired) electrons. The molecule has 0 aliphatic rings. The highest BCUT2D eigenvalue weighted by molar-refractivity contribution is 5.59. The van der Waals surface area contributed by atoms with E-state index >= 15 is 0 Å². The van der Waals surface area contributed by atoms with Crippen LogP contribution in [0, 0.1) is 0 Å². The molecular formula is C25H30N2. The van der Waals surface area contributed by atoms with E-state index in [0.29, 0.717) is 0 Å².